The molecule has 1 aromatic heterocycles. The number of aryl methyl sites for hydroxylation is 1. The number of ether oxygens (including phenoxy) is 1. The molecule has 0 aliphatic carbocycles. The molecule has 1 aromatic carbocycles. The molecule has 9 nitrogen and oxygen atoms in total. The highest BCUT2D eigenvalue weighted by atomic mass is 35.5. The van der Waals surface area contributed by atoms with E-state index in [4.69, 9.17) is 16.3 Å². The summed E-state index contributed by atoms with van der Waals surface area (Å²) in [5.74, 6) is -0.561. The van der Waals surface area contributed by atoms with E-state index in [1.54, 1.807) is 12.1 Å². The molecule has 0 bridgehead atoms. The van der Waals surface area contributed by atoms with Crippen molar-refractivity contribution in [1.82, 2.24) is 14.9 Å². The minimum atomic E-state index is -4.65. The molecule has 2 aromatic rings. The first kappa shape index (κ1) is 25.3. The zero-order valence-electron chi connectivity index (χ0n) is 18.4. The summed E-state index contributed by atoms with van der Waals surface area (Å²) in [6.07, 6.45) is -4.51. The number of benzene rings is 1. The van der Waals surface area contributed by atoms with Crippen LogP contribution in [0.25, 0.3) is 0 Å². The summed E-state index contributed by atoms with van der Waals surface area (Å²) in [4.78, 5) is 33.4. The van der Waals surface area contributed by atoms with E-state index < -0.39 is 35.0 Å². The van der Waals surface area contributed by atoms with Gasteiger partial charge in [-0.15, -0.1) is 0 Å². The molecule has 184 valence electrons. The average Bonchev–Trinajstić information content (AvgIpc) is 2.76. The monoisotopic (exact) mass is 501 g/mol. The Morgan fingerprint density at radius 2 is 2.06 bits per heavy atom. The van der Waals surface area contributed by atoms with Gasteiger partial charge in [0.25, 0.3) is 0 Å². The Labute approximate surface area is 198 Å². The Morgan fingerprint density at radius 3 is 2.65 bits per heavy atom. The summed E-state index contributed by atoms with van der Waals surface area (Å²) in [5.41, 5.74) is 1.15. The molecule has 1 atom stereocenters. The van der Waals surface area contributed by atoms with Crippen LogP contribution in [0.5, 0.6) is 0 Å². The lowest BCUT2D eigenvalue weighted by Gasteiger charge is -2.40. The number of nitrogens with zero attached hydrogens (tertiary/aromatic N) is 4. The fourth-order valence-corrected chi connectivity index (χ4v) is 3.86. The SMILES string of the molecule is CCc1cc(N2CCN(C(=O)O)C(COC(C)=O)C2)ccc1Nc1ncc(C(F)(F)F)c(Cl)n1. The van der Waals surface area contributed by atoms with Crippen LogP contribution in [-0.4, -0.2) is 64.3 Å². The second-order valence-corrected chi connectivity index (χ2v) is 7.95. The Hall–Kier alpha value is -3.28. The molecule has 0 saturated carbocycles. The number of aromatic nitrogens is 2. The summed E-state index contributed by atoms with van der Waals surface area (Å²) in [6.45, 7) is 4.13. The molecule has 3 rings (SSSR count). The van der Waals surface area contributed by atoms with E-state index in [2.05, 4.69) is 15.3 Å². The van der Waals surface area contributed by atoms with Gasteiger partial charge in [-0.3, -0.25) is 9.69 Å². The highest BCUT2D eigenvalue weighted by Crippen LogP contribution is 2.34. The number of hydrogen-bond donors (Lipinski definition) is 2. The van der Waals surface area contributed by atoms with Crippen molar-refractivity contribution < 1.29 is 32.6 Å². The van der Waals surface area contributed by atoms with E-state index >= 15 is 0 Å². The van der Waals surface area contributed by atoms with Gasteiger partial charge in [0.15, 0.2) is 0 Å². The Balaban J connectivity index is 1.79. The van der Waals surface area contributed by atoms with E-state index in [0.29, 0.717) is 31.4 Å². The number of anilines is 3. The Kier molecular flexibility index (Phi) is 7.70. The van der Waals surface area contributed by atoms with Crippen LogP contribution in [0.3, 0.4) is 0 Å². The second kappa shape index (κ2) is 10.3. The van der Waals surface area contributed by atoms with Gasteiger partial charge in [0.1, 0.15) is 17.3 Å². The first-order valence-corrected chi connectivity index (χ1v) is 10.7. The number of esters is 1. The van der Waals surface area contributed by atoms with Gasteiger partial charge in [-0.1, -0.05) is 18.5 Å². The molecule has 1 aliphatic heterocycles. The molecule has 0 spiro atoms. The van der Waals surface area contributed by atoms with Crippen molar-refractivity contribution in [3.05, 3.63) is 40.7 Å². The van der Waals surface area contributed by atoms with Gasteiger partial charge in [0, 0.05) is 44.1 Å². The summed E-state index contributed by atoms with van der Waals surface area (Å²) >= 11 is 5.68. The lowest BCUT2D eigenvalue weighted by Crippen LogP contribution is -2.56. The largest absolute Gasteiger partial charge is 0.465 e. The predicted molar refractivity (Wildman–Crippen MR) is 119 cm³/mol. The average molecular weight is 502 g/mol. The van der Waals surface area contributed by atoms with Crippen LogP contribution in [0.2, 0.25) is 5.15 Å². The fourth-order valence-electron chi connectivity index (χ4n) is 3.62. The van der Waals surface area contributed by atoms with Gasteiger partial charge in [0.2, 0.25) is 5.95 Å². The second-order valence-electron chi connectivity index (χ2n) is 7.59. The Bertz CT molecular complexity index is 1070. The van der Waals surface area contributed by atoms with Crippen LogP contribution < -0.4 is 10.2 Å². The molecule has 1 fully saturated rings. The third kappa shape index (κ3) is 5.99. The maximum absolute atomic E-state index is 12.9. The number of hydrogen-bond acceptors (Lipinski definition) is 7. The first-order chi connectivity index (χ1) is 16.0. The van der Waals surface area contributed by atoms with Crippen molar-refractivity contribution in [2.75, 3.05) is 36.5 Å². The lowest BCUT2D eigenvalue weighted by atomic mass is 10.1. The maximum Gasteiger partial charge on any atom is 0.420 e. The Morgan fingerprint density at radius 1 is 1.32 bits per heavy atom. The third-order valence-electron chi connectivity index (χ3n) is 5.34. The number of nitrogens with one attached hydrogen (secondary N) is 1. The smallest absolute Gasteiger partial charge is 0.420 e. The molecule has 13 heteroatoms. The molecule has 34 heavy (non-hydrogen) atoms. The van der Waals surface area contributed by atoms with Gasteiger partial charge in [0.05, 0.1) is 6.04 Å². The van der Waals surface area contributed by atoms with Crippen molar-refractivity contribution in [3.63, 3.8) is 0 Å². The van der Waals surface area contributed by atoms with E-state index in [-0.39, 0.29) is 19.1 Å². The molecule has 0 radical (unpaired) electrons. The molecular formula is C21H23ClF3N5O4. The standard InChI is InChI=1S/C21H23ClF3N5O4/c1-3-13-8-14(29-6-7-30(20(32)33)15(10-29)11-34-12(2)31)4-5-17(13)27-19-26-9-16(18(22)28-19)21(23,24)25/h4-5,8-9,15H,3,6-7,10-11H2,1-2H3,(H,32,33)(H,26,27,28). The zero-order chi connectivity index (χ0) is 25.0. The van der Waals surface area contributed by atoms with Gasteiger partial charge in [-0.25, -0.2) is 14.8 Å². The number of halogens is 4. The van der Waals surface area contributed by atoms with E-state index in [1.165, 1.54) is 11.8 Å². The van der Waals surface area contributed by atoms with Crippen LogP contribution >= 0.6 is 11.6 Å². The molecule has 1 aliphatic rings. The van der Waals surface area contributed by atoms with Crippen LogP contribution in [0.15, 0.2) is 24.4 Å². The minimum absolute atomic E-state index is 0.0512. The quantitative estimate of drug-likeness (QED) is 0.448. The highest BCUT2D eigenvalue weighted by molar-refractivity contribution is 6.30. The van der Waals surface area contributed by atoms with Crippen molar-refractivity contribution in [3.8, 4) is 0 Å². The van der Waals surface area contributed by atoms with Crippen LogP contribution in [0.4, 0.5) is 35.3 Å². The molecular weight excluding hydrogens is 479 g/mol. The molecule has 2 heterocycles. The van der Waals surface area contributed by atoms with Gasteiger partial charge < -0.3 is 20.1 Å². The molecule has 1 unspecified atom stereocenters. The summed E-state index contributed by atoms with van der Waals surface area (Å²) in [7, 11) is 0. The first-order valence-electron chi connectivity index (χ1n) is 10.4. The summed E-state index contributed by atoms with van der Waals surface area (Å²) in [5, 5.41) is 11.6. The van der Waals surface area contributed by atoms with Gasteiger partial charge >= 0.3 is 18.2 Å². The molecule has 2 N–H and O–H groups in total. The van der Waals surface area contributed by atoms with Gasteiger partial charge in [-0.2, -0.15) is 13.2 Å². The van der Waals surface area contributed by atoms with Crippen molar-refractivity contribution in [1.29, 1.82) is 0 Å². The lowest BCUT2D eigenvalue weighted by molar-refractivity contribution is -0.142. The normalized spacial score (nSPS) is 16.4. The van der Waals surface area contributed by atoms with Crippen molar-refractivity contribution in [2.24, 2.45) is 0 Å². The van der Waals surface area contributed by atoms with Gasteiger partial charge in [-0.05, 0) is 30.2 Å². The topological polar surface area (TPSA) is 108 Å². The number of carbonyl (C=O) groups is 2. The van der Waals surface area contributed by atoms with Crippen molar-refractivity contribution in [2.45, 2.75) is 32.5 Å². The van der Waals surface area contributed by atoms with Crippen LogP contribution in [0.1, 0.15) is 25.0 Å². The molecule has 1 saturated heterocycles. The predicted octanol–water partition coefficient (Wildman–Crippen LogP) is 4.19. The number of rotatable bonds is 6. The maximum atomic E-state index is 12.9. The number of alkyl halides is 3. The summed E-state index contributed by atoms with van der Waals surface area (Å²) in [6, 6.07) is 4.91. The van der Waals surface area contributed by atoms with Crippen molar-refractivity contribution >= 4 is 41.0 Å². The number of carboxylic acid groups (broad SMARTS) is 1. The molecule has 1 amide bonds. The third-order valence-corrected chi connectivity index (χ3v) is 5.62. The highest BCUT2D eigenvalue weighted by Gasteiger charge is 2.35. The zero-order valence-corrected chi connectivity index (χ0v) is 19.2. The van der Waals surface area contributed by atoms with E-state index in [1.807, 2.05) is 17.9 Å². The number of carbonyl (C=O) groups excluding carboxylic acids is 1. The van der Waals surface area contributed by atoms with E-state index in [0.717, 1.165) is 11.3 Å². The minimum Gasteiger partial charge on any atom is -0.465 e. The van der Waals surface area contributed by atoms with E-state index in [9.17, 15) is 27.9 Å². The summed E-state index contributed by atoms with van der Waals surface area (Å²) < 4.78 is 43.7. The number of amides is 1. The van der Waals surface area contributed by atoms with Crippen LogP contribution in [0, 0.1) is 0 Å². The fraction of sp³-hybridized carbons (Fsp3) is 0.429. The van der Waals surface area contributed by atoms with Crippen LogP contribution in [-0.2, 0) is 22.1 Å². The number of piperazine rings is 1.